The van der Waals surface area contributed by atoms with E-state index in [0.717, 1.165) is 37.9 Å². The minimum absolute atomic E-state index is 0.119. The van der Waals surface area contributed by atoms with E-state index in [9.17, 15) is 13.2 Å². The number of halogens is 3. The van der Waals surface area contributed by atoms with Gasteiger partial charge in [-0.25, -0.2) is 9.97 Å². The summed E-state index contributed by atoms with van der Waals surface area (Å²) in [6.07, 6.45) is 4.92. The van der Waals surface area contributed by atoms with Gasteiger partial charge < -0.3 is 10.2 Å². The standard InChI is InChI=1S/C24H28F3N5/c1-16-20(17-6-3-4-7-18(17)24(25,26)27)21-29-12-15-32(21)22(30-16)31-13-10-23(11-14-31)9-5-8-19(23)28-2/h3-4,6-7,12,15,19,28H,5,8-11,13-14H2,1-2H3/t19-/m1/s1. The van der Waals surface area contributed by atoms with Crippen molar-refractivity contribution >= 4 is 11.6 Å². The van der Waals surface area contributed by atoms with Crippen molar-refractivity contribution in [1.29, 1.82) is 0 Å². The van der Waals surface area contributed by atoms with Gasteiger partial charge in [-0.1, -0.05) is 24.6 Å². The van der Waals surface area contributed by atoms with Crippen LogP contribution in [0.15, 0.2) is 36.7 Å². The van der Waals surface area contributed by atoms with Crippen LogP contribution in [0, 0.1) is 12.3 Å². The molecule has 3 heterocycles. The SMILES string of the molecule is CN[C@@H]1CCCC12CCN(c1nc(C)c(-c3ccccc3C(F)(F)F)c3nccn13)CC2. The third-order valence-corrected chi connectivity index (χ3v) is 7.51. The predicted molar refractivity (Wildman–Crippen MR) is 119 cm³/mol. The van der Waals surface area contributed by atoms with Crippen LogP contribution in [0.1, 0.15) is 43.4 Å². The fourth-order valence-electron chi connectivity index (χ4n) is 5.90. The number of alkyl halides is 3. The molecule has 1 saturated carbocycles. The summed E-state index contributed by atoms with van der Waals surface area (Å²) in [6, 6.07) is 6.22. The van der Waals surface area contributed by atoms with E-state index in [0.29, 0.717) is 28.4 Å². The second-order valence-corrected chi connectivity index (χ2v) is 9.12. The van der Waals surface area contributed by atoms with Gasteiger partial charge in [0, 0.05) is 37.1 Å². The summed E-state index contributed by atoms with van der Waals surface area (Å²) in [5, 5.41) is 3.52. The number of anilines is 1. The fourth-order valence-corrected chi connectivity index (χ4v) is 5.90. The molecule has 1 N–H and O–H groups in total. The summed E-state index contributed by atoms with van der Waals surface area (Å²) in [4.78, 5) is 11.5. The van der Waals surface area contributed by atoms with E-state index in [1.807, 2.05) is 4.40 Å². The molecule has 8 heteroatoms. The van der Waals surface area contributed by atoms with Gasteiger partial charge in [0.2, 0.25) is 5.95 Å². The normalized spacial score (nSPS) is 21.0. The number of rotatable bonds is 3. The molecule has 32 heavy (non-hydrogen) atoms. The topological polar surface area (TPSA) is 45.5 Å². The molecule has 2 aliphatic rings. The summed E-state index contributed by atoms with van der Waals surface area (Å²) in [5.74, 6) is 0.761. The molecule has 1 spiro atoms. The van der Waals surface area contributed by atoms with E-state index in [1.54, 1.807) is 25.4 Å². The Kier molecular flexibility index (Phi) is 5.15. The van der Waals surface area contributed by atoms with Crippen molar-refractivity contribution in [3.05, 3.63) is 47.9 Å². The Hall–Kier alpha value is -2.61. The van der Waals surface area contributed by atoms with Gasteiger partial charge in [-0.15, -0.1) is 0 Å². The number of imidazole rings is 1. The molecule has 1 aliphatic heterocycles. The molecule has 170 valence electrons. The third-order valence-electron chi connectivity index (χ3n) is 7.51. The largest absolute Gasteiger partial charge is 0.417 e. The molecular weight excluding hydrogens is 415 g/mol. The van der Waals surface area contributed by atoms with Crippen LogP contribution in [-0.2, 0) is 6.18 Å². The maximum Gasteiger partial charge on any atom is 0.417 e. The smallest absolute Gasteiger partial charge is 0.342 e. The second-order valence-electron chi connectivity index (χ2n) is 9.12. The van der Waals surface area contributed by atoms with Crippen molar-refractivity contribution in [2.45, 2.75) is 51.2 Å². The number of aryl methyl sites for hydroxylation is 1. The molecule has 0 amide bonds. The second kappa shape index (κ2) is 7.76. The van der Waals surface area contributed by atoms with Gasteiger partial charge in [-0.3, -0.25) is 4.40 Å². The summed E-state index contributed by atoms with van der Waals surface area (Å²) < 4.78 is 43.0. The van der Waals surface area contributed by atoms with E-state index in [4.69, 9.17) is 4.98 Å². The molecule has 5 rings (SSSR count). The minimum Gasteiger partial charge on any atom is -0.342 e. The van der Waals surface area contributed by atoms with Gasteiger partial charge in [-0.2, -0.15) is 13.2 Å². The highest BCUT2D eigenvalue weighted by Gasteiger charge is 2.44. The van der Waals surface area contributed by atoms with Crippen molar-refractivity contribution in [2.75, 3.05) is 25.0 Å². The van der Waals surface area contributed by atoms with Gasteiger partial charge in [0.05, 0.1) is 11.3 Å². The Labute approximate surface area is 185 Å². The summed E-state index contributed by atoms with van der Waals surface area (Å²) in [7, 11) is 2.06. The first-order valence-electron chi connectivity index (χ1n) is 11.3. The lowest BCUT2D eigenvalue weighted by atomic mass is 9.74. The Morgan fingerprint density at radius 1 is 1.12 bits per heavy atom. The number of benzene rings is 1. The highest BCUT2D eigenvalue weighted by atomic mass is 19.4. The number of nitrogens with zero attached hydrogens (tertiary/aromatic N) is 4. The van der Waals surface area contributed by atoms with Crippen molar-refractivity contribution in [3.8, 4) is 11.1 Å². The molecule has 0 unspecified atom stereocenters. The Balaban J connectivity index is 1.54. The number of aromatic nitrogens is 3. The zero-order valence-corrected chi connectivity index (χ0v) is 18.4. The molecule has 1 aliphatic carbocycles. The van der Waals surface area contributed by atoms with Crippen molar-refractivity contribution in [2.24, 2.45) is 5.41 Å². The van der Waals surface area contributed by atoms with Crippen LogP contribution in [0.4, 0.5) is 19.1 Å². The average molecular weight is 444 g/mol. The van der Waals surface area contributed by atoms with Crippen molar-refractivity contribution in [1.82, 2.24) is 19.7 Å². The highest BCUT2D eigenvalue weighted by molar-refractivity contribution is 5.83. The molecule has 2 aromatic heterocycles. The lowest BCUT2D eigenvalue weighted by molar-refractivity contribution is -0.137. The number of piperidine rings is 1. The molecule has 0 bridgehead atoms. The fraction of sp³-hybridized carbons (Fsp3) is 0.500. The molecular formula is C24H28F3N5. The van der Waals surface area contributed by atoms with Crippen LogP contribution in [0.25, 0.3) is 16.8 Å². The monoisotopic (exact) mass is 443 g/mol. The highest BCUT2D eigenvalue weighted by Crippen LogP contribution is 2.47. The number of nitrogens with one attached hydrogen (secondary N) is 1. The third kappa shape index (κ3) is 3.36. The van der Waals surface area contributed by atoms with Crippen molar-refractivity contribution < 1.29 is 13.2 Å². The molecule has 3 aromatic rings. The molecule has 5 nitrogen and oxygen atoms in total. The maximum atomic E-state index is 13.7. The van der Waals surface area contributed by atoms with E-state index < -0.39 is 11.7 Å². The van der Waals surface area contributed by atoms with E-state index in [1.165, 1.54) is 31.4 Å². The minimum atomic E-state index is -4.45. The van der Waals surface area contributed by atoms with Crippen LogP contribution >= 0.6 is 0 Å². The summed E-state index contributed by atoms with van der Waals surface area (Å²) >= 11 is 0. The number of fused-ring (bicyclic) bond motifs is 1. The zero-order valence-electron chi connectivity index (χ0n) is 18.4. The number of hydrogen-bond donors (Lipinski definition) is 1. The summed E-state index contributed by atoms with van der Waals surface area (Å²) in [5.41, 5.74) is 1.31. The first-order valence-corrected chi connectivity index (χ1v) is 11.3. The molecule has 1 aromatic carbocycles. The maximum absolute atomic E-state index is 13.7. The van der Waals surface area contributed by atoms with E-state index in [2.05, 4.69) is 22.2 Å². The van der Waals surface area contributed by atoms with E-state index >= 15 is 0 Å². The van der Waals surface area contributed by atoms with Crippen LogP contribution in [0.3, 0.4) is 0 Å². The predicted octanol–water partition coefficient (Wildman–Crippen LogP) is 5.08. The van der Waals surface area contributed by atoms with Gasteiger partial charge >= 0.3 is 6.18 Å². The molecule has 2 fully saturated rings. The summed E-state index contributed by atoms with van der Waals surface area (Å²) in [6.45, 7) is 3.55. The quantitative estimate of drug-likeness (QED) is 0.613. The van der Waals surface area contributed by atoms with Gasteiger partial charge in [-0.05, 0) is 56.7 Å². The van der Waals surface area contributed by atoms with Gasteiger partial charge in [0.1, 0.15) is 5.65 Å². The van der Waals surface area contributed by atoms with Gasteiger partial charge in [0.25, 0.3) is 0 Å². The first-order chi connectivity index (χ1) is 15.3. The van der Waals surface area contributed by atoms with Crippen LogP contribution in [-0.4, -0.2) is 40.5 Å². The molecule has 1 saturated heterocycles. The first kappa shape index (κ1) is 21.2. The Morgan fingerprint density at radius 3 is 2.59 bits per heavy atom. The lowest BCUT2D eigenvalue weighted by Crippen LogP contribution is -2.48. The lowest BCUT2D eigenvalue weighted by Gasteiger charge is -2.43. The Bertz CT molecular complexity index is 1130. The number of hydrogen-bond acceptors (Lipinski definition) is 4. The molecule has 0 radical (unpaired) electrons. The van der Waals surface area contributed by atoms with Crippen LogP contribution < -0.4 is 10.2 Å². The zero-order chi connectivity index (χ0) is 22.5. The average Bonchev–Trinajstić information content (AvgIpc) is 3.40. The Morgan fingerprint density at radius 2 is 1.88 bits per heavy atom. The van der Waals surface area contributed by atoms with Crippen LogP contribution in [0.2, 0.25) is 0 Å². The van der Waals surface area contributed by atoms with Crippen molar-refractivity contribution in [3.63, 3.8) is 0 Å². The van der Waals surface area contributed by atoms with Gasteiger partial charge in [0.15, 0.2) is 0 Å². The van der Waals surface area contributed by atoms with Crippen LogP contribution in [0.5, 0.6) is 0 Å². The van der Waals surface area contributed by atoms with E-state index in [-0.39, 0.29) is 5.56 Å². The molecule has 1 atom stereocenters.